The second-order valence-electron chi connectivity index (χ2n) is 3.20. The molecule has 0 saturated heterocycles. The molecule has 0 rings (SSSR count). The van der Waals surface area contributed by atoms with Crippen molar-refractivity contribution in [1.29, 1.82) is 0 Å². The summed E-state index contributed by atoms with van der Waals surface area (Å²) in [5, 5.41) is 0. The highest BCUT2D eigenvalue weighted by atomic mass is 16.5. The molecule has 0 aliphatic carbocycles. The Bertz CT molecular complexity index is 224. The second-order valence-corrected chi connectivity index (χ2v) is 3.20. The summed E-state index contributed by atoms with van der Waals surface area (Å²) in [6.07, 6.45) is 2.30. The average Bonchev–Trinajstić information content (AvgIpc) is 2.03. The van der Waals surface area contributed by atoms with Crippen LogP contribution in [0.15, 0.2) is 11.6 Å². The molecule has 0 radical (unpaired) electrons. The zero-order valence-electron chi connectivity index (χ0n) is 8.59. The van der Waals surface area contributed by atoms with Crippen LogP contribution in [0.25, 0.3) is 0 Å². The maximum Gasteiger partial charge on any atom is 0.316 e. The van der Waals surface area contributed by atoms with Gasteiger partial charge in [0.1, 0.15) is 11.7 Å². The summed E-state index contributed by atoms with van der Waals surface area (Å²) in [6, 6.07) is 0. The van der Waals surface area contributed by atoms with Crippen LogP contribution >= 0.6 is 0 Å². The van der Waals surface area contributed by atoms with Crippen LogP contribution in [-0.4, -0.2) is 18.9 Å². The molecule has 0 aliphatic heterocycles. The maximum atomic E-state index is 11.1. The third-order valence-corrected chi connectivity index (χ3v) is 1.74. The van der Waals surface area contributed by atoms with Crippen molar-refractivity contribution in [2.75, 3.05) is 7.11 Å². The van der Waals surface area contributed by atoms with Gasteiger partial charge in [-0.25, -0.2) is 0 Å². The van der Waals surface area contributed by atoms with E-state index in [4.69, 9.17) is 0 Å². The fraction of sp³-hybridized carbons (Fsp3) is 0.600. The number of ether oxygens (including phenoxy) is 1. The molecule has 0 N–H and O–H groups in total. The first-order valence-corrected chi connectivity index (χ1v) is 4.20. The van der Waals surface area contributed by atoms with Crippen molar-refractivity contribution in [3.05, 3.63) is 11.6 Å². The smallest absolute Gasteiger partial charge is 0.316 e. The van der Waals surface area contributed by atoms with E-state index >= 15 is 0 Å². The molecule has 0 aromatic heterocycles. The quantitative estimate of drug-likeness (QED) is 0.379. The van der Waals surface area contributed by atoms with Gasteiger partial charge >= 0.3 is 5.97 Å². The molecule has 0 fully saturated rings. The third-order valence-electron chi connectivity index (χ3n) is 1.74. The lowest BCUT2D eigenvalue weighted by Gasteiger charge is -2.08. The van der Waals surface area contributed by atoms with Crippen LogP contribution in [0, 0.1) is 5.92 Å². The molecule has 0 aliphatic rings. The number of carbonyl (C=O) groups excluding carboxylic acids is 2. The molecule has 0 amide bonds. The van der Waals surface area contributed by atoms with Crippen LogP contribution in [0.5, 0.6) is 0 Å². The number of rotatable bonds is 4. The molecule has 13 heavy (non-hydrogen) atoms. The highest BCUT2D eigenvalue weighted by Crippen LogP contribution is 2.09. The molecule has 0 aromatic carbocycles. The Morgan fingerprint density at radius 1 is 1.31 bits per heavy atom. The van der Waals surface area contributed by atoms with E-state index in [9.17, 15) is 9.59 Å². The Hall–Kier alpha value is -1.12. The van der Waals surface area contributed by atoms with Gasteiger partial charge in [-0.1, -0.05) is 11.6 Å². The molecular formula is C10H16O3. The summed E-state index contributed by atoms with van der Waals surface area (Å²) in [6.45, 7) is 5.25. The standard InChI is InChI=1S/C10H16O3/c1-7(2)5-6-9(8(3)11)10(12)13-4/h5,9H,6H2,1-4H3. The Morgan fingerprint density at radius 3 is 2.15 bits per heavy atom. The highest BCUT2D eigenvalue weighted by molar-refractivity contribution is 5.97. The van der Waals surface area contributed by atoms with E-state index in [1.165, 1.54) is 14.0 Å². The number of hydrogen-bond acceptors (Lipinski definition) is 3. The number of ketones is 1. The molecule has 3 heteroatoms. The van der Waals surface area contributed by atoms with Gasteiger partial charge in [0.2, 0.25) is 0 Å². The minimum Gasteiger partial charge on any atom is -0.468 e. The largest absolute Gasteiger partial charge is 0.468 e. The summed E-state index contributed by atoms with van der Waals surface area (Å²) in [5.41, 5.74) is 1.09. The monoisotopic (exact) mass is 184 g/mol. The van der Waals surface area contributed by atoms with Gasteiger partial charge in [-0.05, 0) is 27.2 Å². The predicted molar refractivity (Wildman–Crippen MR) is 50.2 cm³/mol. The van der Waals surface area contributed by atoms with E-state index in [0.29, 0.717) is 6.42 Å². The molecule has 1 unspecified atom stereocenters. The number of methoxy groups -OCH3 is 1. The lowest BCUT2D eigenvalue weighted by atomic mass is 10.0. The lowest BCUT2D eigenvalue weighted by Crippen LogP contribution is -2.22. The maximum absolute atomic E-state index is 11.1. The van der Waals surface area contributed by atoms with Crippen LogP contribution < -0.4 is 0 Å². The van der Waals surface area contributed by atoms with Crippen molar-refractivity contribution in [2.45, 2.75) is 27.2 Å². The molecule has 0 saturated carbocycles. The van der Waals surface area contributed by atoms with Gasteiger partial charge in [-0.15, -0.1) is 0 Å². The Balaban J connectivity index is 4.36. The summed E-state index contributed by atoms with van der Waals surface area (Å²) in [5.74, 6) is -1.24. The van der Waals surface area contributed by atoms with Crippen molar-refractivity contribution in [2.24, 2.45) is 5.92 Å². The van der Waals surface area contributed by atoms with Crippen molar-refractivity contribution < 1.29 is 14.3 Å². The van der Waals surface area contributed by atoms with Crippen LogP contribution in [0.4, 0.5) is 0 Å². The van der Waals surface area contributed by atoms with Gasteiger partial charge < -0.3 is 4.74 Å². The fourth-order valence-electron chi connectivity index (χ4n) is 0.924. The van der Waals surface area contributed by atoms with Crippen LogP contribution in [-0.2, 0) is 14.3 Å². The van der Waals surface area contributed by atoms with Gasteiger partial charge in [0.25, 0.3) is 0 Å². The van der Waals surface area contributed by atoms with Gasteiger partial charge in [-0.3, -0.25) is 9.59 Å². The van der Waals surface area contributed by atoms with Gasteiger partial charge in [-0.2, -0.15) is 0 Å². The van der Waals surface area contributed by atoms with Crippen molar-refractivity contribution in [3.63, 3.8) is 0 Å². The van der Waals surface area contributed by atoms with Gasteiger partial charge in [0.15, 0.2) is 0 Å². The summed E-state index contributed by atoms with van der Waals surface area (Å²) >= 11 is 0. The van der Waals surface area contributed by atoms with E-state index in [1.54, 1.807) is 0 Å². The third kappa shape index (κ3) is 4.45. The molecule has 74 valence electrons. The lowest BCUT2D eigenvalue weighted by molar-refractivity contribution is -0.148. The number of allylic oxidation sites excluding steroid dienone is 2. The minimum absolute atomic E-state index is 0.149. The molecule has 0 bridgehead atoms. The predicted octanol–water partition coefficient (Wildman–Crippen LogP) is 1.72. The van der Waals surface area contributed by atoms with Gasteiger partial charge in [0.05, 0.1) is 7.11 Å². The Labute approximate surface area is 78.8 Å². The fourth-order valence-corrected chi connectivity index (χ4v) is 0.924. The SMILES string of the molecule is COC(=O)C(CC=C(C)C)C(C)=O. The molecule has 1 atom stereocenters. The van der Waals surface area contributed by atoms with E-state index in [0.717, 1.165) is 5.57 Å². The molecule has 3 nitrogen and oxygen atoms in total. The molecule has 0 spiro atoms. The minimum atomic E-state index is -0.639. The highest BCUT2D eigenvalue weighted by Gasteiger charge is 2.22. The number of hydrogen-bond donors (Lipinski definition) is 0. The van der Waals surface area contributed by atoms with Crippen molar-refractivity contribution in [1.82, 2.24) is 0 Å². The van der Waals surface area contributed by atoms with E-state index < -0.39 is 11.9 Å². The van der Waals surface area contributed by atoms with E-state index in [1.807, 2.05) is 19.9 Å². The first-order chi connectivity index (χ1) is 5.99. The van der Waals surface area contributed by atoms with Crippen LogP contribution in [0.2, 0.25) is 0 Å². The topological polar surface area (TPSA) is 43.4 Å². The Morgan fingerprint density at radius 2 is 1.85 bits per heavy atom. The first-order valence-electron chi connectivity index (χ1n) is 4.20. The molecular weight excluding hydrogens is 168 g/mol. The zero-order chi connectivity index (χ0) is 10.4. The number of Topliss-reactive ketones (excluding diaryl/α,β-unsaturated/α-hetero) is 1. The molecule has 0 heterocycles. The van der Waals surface area contributed by atoms with Gasteiger partial charge in [0, 0.05) is 0 Å². The second kappa shape index (κ2) is 5.51. The van der Waals surface area contributed by atoms with Crippen molar-refractivity contribution >= 4 is 11.8 Å². The zero-order valence-corrected chi connectivity index (χ0v) is 8.59. The van der Waals surface area contributed by atoms with Crippen LogP contribution in [0.1, 0.15) is 27.2 Å². The van der Waals surface area contributed by atoms with Crippen LogP contribution in [0.3, 0.4) is 0 Å². The summed E-state index contributed by atoms with van der Waals surface area (Å²) in [7, 11) is 1.29. The molecule has 0 aromatic rings. The Kier molecular flexibility index (Phi) is 5.04. The number of esters is 1. The van der Waals surface area contributed by atoms with E-state index in [2.05, 4.69) is 4.74 Å². The first kappa shape index (κ1) is 11.9. The van der Waals surface area contributed by atoms with Crippen molar-refractivity contribution in [3.8, 4) is 0 Å². The summed E-state index contributed by atoms with van der Waals surface area (Å²) in [4.78, 5) is 22.1. The number of carbonyl (C=O) groups is 2. The summed E-state index contributed by atoms with van der Waals surface area (Å²) < 4.78 is 4.52. The average molecular weight is 184 g/mol. The normalized spacial score (nSPS) is 11.7. The van der Waals surface area contributed by atoms with E-state index in [-0.39, 0.29) is 5.78 Å².